The van der Waals surface area contributed by atoms with Gasteiger partial charge in [0, 0.05) is 0 Å². The fraction of sp³-hybridized carbons (Fsp3) is 0.231. The lowest BCUT2D eigenvalue weighted by Gasteiger charge is -2.12. The summed E-state index contributed by atoms with van der Waals surface area (Å²) in [6, 6.07) is 5.09. The van der Waals surface area contributed by atoms with Gasteiger partial charge in [-0.1, -0.05) is 11.8 Å². The highest BCUT2D eigenvalue weighted by molar-refractivity contribution is 9.10. The van der Waals surface area contributed by atoms with Gasteiger partial charge in [-0.25, -0.2) is 4.79 Å². The number of amides is 1. The quantitative estimate of drug-likeness (QED) is 0.594. The van der Waals surface area contributed by atoms with Crippen LogP contribution in [-0.4, -0.2) is 40.2 Å². The number of thioether (sulfide) groups is 1. The molecule has 0 saturated carbocycles. The van der Waals surface area contributed by atoms with E-state index in [9.17, 15) is 9.59 Å². The van der Waals surface area contributed by atoms with Crippen molar-refractivity contribution in [1.29, 1.82) is 0 Å². The Morgan fingerprint density at radius 3 is 2.95 bits per heavy atom. The number of aliphatic carboxylic acids is 1. The molecule has 2 N–H and O–H groups in total. The zero-order chi connectivity index (χ0) is 16.1. The zero-order valence-corrected chi connectivity index (χ0v) is 13.8. The molecular formula is C13H12BrN3O4S. The van der Waals surface area contributed by atoms with Crippen LogP contribution in [0, 0.1) is 0 Å². The Kier molecular flexibility index (Phi) is 5.56. The van der Waals surface area contributed by atoms with Crippen LogP contribution >= 0.6 is 27.7 Å². The van der Waals surface area contributed by atoms with Crippen molar-refractivity contribution in [2.45, 2.75) is 13.0 Å². The van der Waals surface area contributed by atoms with Crippen molar-refractivity contribution < 1.29 is 19.4 Å². The molecule has 1 aliphatic heterocycles. The van der Waals surface area contributed by atoms with Gasteiger partial charge >= 0.3 is 5.97 Å². The van der Waals surface area contributed by atoms with Crippen LogP contribution in [0.2, 0.25) is 0 Å². The Hall–Kier alpha value is -1.87. The number of amidine groups is 1. The number of rotatable bonds is 5. The van der Waals surface area contributed by atoms with Gasteiger partial charge in [0.2, 0.25) is 5.91 Å². The standard InChI is InChI=1S/C13H12BrN3O4S/c1-7(12(19)20)21-10-3-2-8(4-9(10)14)5-15-17-13-16-11(18)6-22-13/h2-5,7H,6H2,1H3,(H,19,20)(H,16,17,18). The van der Waals surface area contributed by atoms with Crippen LogP contribution in [0.3, 0.4) is 0 Å². The normalized spacial score (nSPS) is 17.7. The molecule has 0 spiro atoms. The Balaban J connectivity index is 2.03. The van der Waals surface area contributed by atoms with E-state index in [1.807, 2.05) is 0 Å². The van der Waals surface area contributed by atoms with Crippen LogP contribution in [0.5, 0.6) is 5.75 Å². The fourth-order valence-electron chi connectivity index (χ4n) is 1.46. The molecule has 9 heteroatoms. The van der Waals surface area contributed by atoms with Crippen molar-refractivity contribution in [1.82, 2.24) is 5.32 Å². The Morgan fingerprint density at radius 2 is 2.36 bits per heavy atom. The van der Waals surface area contributed by atoms with E-state index in [0.29, 0.717) is 21.1 Å². The van der Waals surface area contributed by atoms with Crippen molar-refractivity contribution in [2.75, 3.05) is 5.75 Å². The monoisotopic (exact) mass is 385 g/mol. The van der Waals surface area contributed by atoms with E-state index in [2.05, 4.69) is 31.4 Å². The summed E-state index contributed by atoms with van der Waals surface area (Å²) in [7, 11) is 0. The summed E-state index contributed by atoms with van der Waals surface area (Å²) in [6.45, 7) is 1.45. The predicted molar refractivity (Wildman–Crippen MR) is 87.5 cm³/mol. The molecular weight excluding hydrogens is 374 g/mol. The molecule has 0 bridgehead atoms. The van der Waals surface area contributed by atoms with Crippen molar-refractivity contribution in [3.63, 3.8) is 0 Å². The van der Waals surface area contributed by atoms with E-state index < -0.39 is 12.1 Å². The highest BCUT2D eigenvalue weighted by Crippen LogP contribution is 2.26. The van der Waals surface area contributed by atoms with Gasteiger partial charge in [0.05, 0.1) is 16.4 Å². The van der Waals surface area contributed by atoms with Gasteiger partial charge in [-0.3, -0.25) is 4.79 Å². The second-order valence-electron chi connectivity index (χ2n) is 4.27. The van der Waals surface area contributed by atoms with Gasteiger partial charge in [0.25, 0.3) is 0 Å². The molecule has 0 radical (unpaired) electrons. The molecule has 2 rings (SSSR count). The number of ether oxygens (including phenoxy) is 1. The summed E-state index contributed by atoms with van der Waals surface area (Å²) >= 11 is 4.61. The van der Waals surface area contributed by atoms with Crippen molar-refractivity contribution >= 4 is 51.0 Å². The molecule has 1 heterocycles. The van der Waals surface area contributed by atoms with E-state index in [-0.39, 0.29) is 5.91 Å². The molecule has 1 unspecified atom stereocenters. The van der Waals surface area contributed by atoms with Crippen LogP contribution in [0.25, 0.3) is 0 Å². The molecule has 1 atom stereocenters. The molecule has 1 amide bonds. The lowest BCUT2D eigenvalue weighted by Crippen LogP contribution is -2.23. The van der Waals surface area contributed by atoms with Crippen LogP contribution in [0.1, 0.15) is 12.5 Å². The van der Waals surface area contributed by atoms with Gasteiger partial charge in [-0.2, -0.15) is 5.10 Å². The fourth-order valence-corrected chi connectivity index (χ4v) is 2.58. The van der Waals surface area contributed by atoms with E-state index >= 15 is 0 Å². The molecule has 1 aromatic rings. The molecule has 1 aliphatic rings. The van der Waals surface area contributed by atoms with Gasteiger partial charge in [0.15, 0.2) is 11.3 Å². The third-order valence-corrected chi connectivity index (χ3v) is 4.03. The number of hydrogen-bond donors (Lipinski definition) is 2. The first-order chi connectivity index (χ1) is 10.5. The van der Waals surface area contributed by atoms with Gasteiger partial charge in [-0.15, -0.1) is 5.10 Å². The number of carboxylic acids is 1. The maximum absolute atomic E-state index is 11.0. The smallest absolute Gasteiger partial charge is 0.344 e. The van der Waals surface area contributed by atoms with E-state index in [4.69, 9.17) is 9.84 Å². The van der Waals surface area contributed by atoms with Crippen LogP contribution in [-0.2, 0) is 9.59 Å². The summed E-state index contributed by atoms with van der Waals surface area (Å²) in [5, 5.41) is 19.6. The average Bonchev–Trinajstić information content (AvgIpc) is 2.87. The molecule has 7 nitrogen and oxygen atoms in total. The SMILES string of the molecule is CC(Oc1ccc(C=NN=C2NC(=O)CS2)cc1Br)C(=O)O. The summed E-state index contributed by atoms with van der Waals surface area (Å²) in [4.78, 5) is 21.7. The van der Waals surface area contributed by atoms with Crippen LogP contribution in [0.4, 0.5) is 0 Å². The molecule has 0 aromatic heterocycles. The van der Waals surface area contributed by atoms with Gasteiger partial charge in [-0.05, 0) is 46.6 Å². The number of hydrogen-bond acceptors (Lipinski definition) is 6. The number of carbonyl (C=O) groups is 2. The average molecular weight is 386 g/mol. The summed E-state index contributed by atoms with van der Waals surface area (Å²) in [5.74, 6) is -0.342. The first-order valence-corrected chi connectivity index (χ1v) is 7.96. The number of nitrogens with zero attached hydrogens (tertiary/aromatic N) is 2. The van der Waals surface area contributed by atoms with E-state index in [0.717, 1.165) is 5.56 Å². The number of carboxylic acid groups (broad SMARTS) is 1. The van der Waals surface area contributed by atoms with E-state index in [1.54, 1.807) is 18.2 Å². The Labute approximate surface area is 139 Å². The largest absolute Gasteiger partial charge is 0.479 e. The number of halogens is 1. The van der Waals surface area contributed by atoms with E-state index in [1.165, 1.54) is 24.9 Å². The second kappa shape index (κ2) is 7.41. The molecule has 116 valence electrons. The molecule has 0 aliphatic carbocycles. The summed E-state index contributed by atoms with van der Waals surface area (Å²) in [6.07, 6.45) is 0.581. The van der Waals surface area contributed by atoms with Gasteiger partial charge in [0.1, 0.15) is 5.75 Å². The Morgan fingerprint density at radius 1 is 1.59 bits per heavy atom. The highest BCUT2D eigenvalue weighted by Gasteiger charge is 2.16. The van der Waals surface area contributed by atoms with Crippen molar-refractivity contribution in [2.24, 2.45) is 10.2 Å². The number of benzene rings is 1. The third-order valence-electron chi connectivity index (χ3n) is 2.55. The second-order valence-corrected chi connectivity index (χ2v) is 6.09. The lowest BCUT2D eigenvalue weighted by molar-refractivity contribution is -0.144. The predicted octanol–water partition coefficient (Wildman–Crippen LogP) is 1.85. The summed E-state index contributed by atoms with van der Waals surface area (Å²) in [5.41, 5.74) is 0.751. The van der Waals surface area contributed by atoms with Gasteiger partial charge < -0.3 is 15.2 Å². The Bertz CT molecular complexity index is 663. The molecule has 1 fully saturated rings. The first kappa shape index (κ1) is 16.5. The highest BCUT2D eigenvalue weighted by atomic mass is 79.9. The van der Waals surface area contributed by atoms with Crippen molar-refractivity contribution in [3.05, 3.63) is 28.2 Å². The number of carbonyl (C=O) groups excluding carboxylic acids is 1. The third kappa shape index (κ3) is 4.57. The minimum absolute atomic E-state index is 0.0873. The zero-order valence-electron chi connectivity index (χ0n) is 11.4. The minimum Gasteiger partial charge on any atom is -0.479 e. The van der Waals surface area contributed by atoms with Crippen LogP contribution in [0.15, 0.2) is 32.9 Å². The number of nitrogens with one attached hydrogen (secondary N) is 1. The molecule has 1 aromatic carbocycles. The summed E-state index contributed by atoms with van der Waals surface area (Å²) < 4.78 is 5.90. The maximum Gasteiger partial charge on any atom is 0.344 e. The van der Waals surface area contributed by atoms with Crippen LogP contribution < -0.4 is 10.1 Å². The lowest BCUT2D eigenvalue weighted by atomic mass is 10.2. The minimum atomic E-state index is -1.04. The topological polar surface area (TPSA) is 100 Å². The molecule has 1 saturated heterocycles. The maximum atomic E-state index is 11.0. The van der Waals surface area contributed by atoms with Crippen molar-refractivity contribution in [3.8, 4) is 5.75 Å². The first-order valence-electron chi connectivity index (χ1n) is 6.18. The molecule has 22 heavy (non-hydrogen) atoms.